The van der Waals surface area contributed by atoms with Gasteiger partial charge < -0.3 is 30.3 Å². The normalized spacial score (nSPS) is 17.9. The second-order valence-electron chi connectivity index (χ2n) is 8.89. The molecule has 0 spiro atoms. The molecule has 29 heavy (non-hydrogen) atoms. The average Bonchev–Trinajstić information content (AvgIpc) is 2.68. The summed E-state index contributed by atoms with van der Waals surface area (Å²) in [7, 11) is 0. The zero-order valence-corrected chi connectivity index (χ0v) is 19.0. The fourth-order valence-corrected chi connectivity index (χ4v) is 3.25. The van der Waals surface area contributed by atoms with Crippen LogP contribution in [0.4, 0.5) is 0 Å². The van der Waals surface area contributed by atoms with Crippen molar-refractivity contribution >= 4 is 0 Å². The van der Waals surface area contributed by atoms with E-state index in [0.717, 1.165) is 31.1 Å². The van der Waals surface area contributed by atoms with Gasteiger partial charge in [0.1, 0.15) is 24.4 Å². The highest BCUT2D eigenvalue weighted by Gasteiger charge is 2.29. The van der Waals surface area contributed by atoms with Gasteiger partial charge in [-0.15, -0.1) is 0 Å². The summed E-state index contributed by atoms with van der Waals surface area (Å²) >= 11 is 0. The molecule has 0 aromatic heterocycles. The number of hydrogen-bond donors (Lipinski definition) is 5. The number of aliphatic hydroxyl groups excluding tert-OH is 5. The molecule has 6 nitrogen and oxygen atoms in total. The van der Waals surface area contributed by atoms with E-state index in [0.29, 0.717) is 6.61 Å². The van der Waals surface area contributed by atoms with Gasteiger partial charge in [0.05, 0.1) is 13.2 Å². The van der Waals surface area contributed by atoms with E-state index in [1.165, 1.54) is 37.7 Å². The Morgan fingerprint density at radius 2 is 1.48 bits per heavy atom. The molecule has 0 amide bonds. The third-order valence-corrected chi connectivity index (χ3v) is 5.35. The van der Waals surface area contributed by atoms with Crippen molar-refractivity contribution in [1.82, 2.24) is 0 Å². The second kappa shape index (κ2) is 17.2. The second-order valence-corrected chi connectivity index (χ2v) is 8.89. The maximum atomic E-state index is 9.76. The van der Waals surface area contributed by atoms with Gasteiger partial charge in [-0.1, -0.05) is 58.1 Å². The third kappa shape index (κ3) is 15.0. The summed E-state index contributed by atoms with van der Waals surface area (Å²) < 4.78 is 5.33. The lowest BCUT2D eigenvalue weighted by atomic mass is 9.94. The monoisotopic (exact) mass is 418 g/mol. The highest BCUT2D eigenvalue weighted by atomic mass is 16.5. The van der Waals surface area contributed by atoms with E-state index in [9.17, 15) is 20.4 Å². The van der Waals surface area contributed by atoms with Crippen LogP contribution in [0, 0.1) is 11.8 Å². The molecule has 0 aliphatic heterocycles. The summed E-state index contributed by atoms with van der Waals surface area (Å²) in [6.45, 7) is 8.71. The number of unbranched alkanes of at least 4 members (excludes halogenated alkanes) is 1. The minimum Gasteiger partial charge on any atom is -0.394 e. The van der Waals surface area contributed by atoms with Crippen molar-refractivity contribution in [3.05, 3.63) is 11.6 Å². The summed E-state index contributed by atoms with van der Waals surface area (Å²) in [6, 6.07) is 0. The molecule has 0 aliphatic rings. The highest BCUT2D eigenvalue weighted by Crippen LogP contribution is 2.19. The largest absolute Gasteiger partial charge is 0.394 e. The van der Waals surface area contributed by atoms with Crippen molar-refractivity contribution in [2.75, 3.05) is 19.8 Å². The lowest BCUT2D eigenvalue weighted by Gasteiger charge is -2.25. The van der Waals surface area contributed by atoms with Crippen LogP contribution in [0.3, 0.4) is 0 Å². The number of hydrogen-bond acceptors (Lipinski definition) is 6. The van der Waals surface area contributed by atoms with E-state index in [1.807, 2.05) is 0 Å². The summed E-state index contributed by atoms with van der Waals surface area (Å²) in [5.74, 6) is 1.60. The predicted octanol–water partition coefficient (Wildman–Crippen LogP) is 2.80. The van der Waals surface area contributed by atoms with Crippen LogP contribution in [0.25, 0.3) is 0 Å². The molecule has 0 radical (unpaired) electrons. The Morgan fingerprint density at radius 3 is 2.10 bits per heavy atom. The molecule has 0 aromatic rings. The standard InChI is InChI=1S/C23H46O6/c1-17(2)9-7-11-19(4)13-8-12-18(3)10-5-6-14-29-16-21(26)23(28)22(27)20(25)15-24/h10,17,19-28H,5-9,11-16H2,1-4H3/t19?,20-,21-,22-,23-/m1/s1. The Hall–Kier alpha value is -0.500. The summed E-state index contributed by atoms with van der Waals surface area (Å²) in [5, 5.41) is 47.0. The molecule has 0 heterocycles. The molecule has 6 heteroatoms. The third-order valence-electron chi connectivity index (χ3n) is 5.35. The summed E-state index contributed by atoms with van der Waals surface area (Å²) in [5.41, 5.74) is 1.40. The summed E-state index contributed by atoms with van der Waals surface area (Å²) in [6.07, 6.45) is 5.60. The molecule has 0 bridgehead atoms. The van der Waals surface area contributed by atoms with E-state index >= 15 is 0 Å². The first-order valence-corrected chi connectivity index (χ1v) is 11.3. The quantitative estimate of drug-likeness (QED) is 0.173. The fourth-order valence-electron chi connectivity index (χ4n) is 3.25. The van der Waals surface area contributed by atoms with E-state index in [2.05, 4.69) is 33.8 Å². The molecule has 174 valence electrons. The maximum absolute atomic E-state index is 9.76. The Morgan fingerprint density at radius 1 is 0.862 bits per heavy atom. The molecule has 0 rings (SSSR count). The minimum atomic E-state index is -1.61. The predicted molar refractivity (Wildman–Crippen MR) is 117 cm³/mol. The number of aliphatic hydroxyl groups is 5. The van der Waals surface area contributed by atoms with Gasteiger partial charge in [-0.25, -0.2) is 0 Å². The molecule has 0 aromatic carbocycles. The van der Waals surface area contributed by atoms with Gasteiger partial charge in [0.25, 0.3) is 0 Å². The molecular weight excluding hydrogens is 372 g/mol. The minimum absolute atomic E-state index is 0.131. The number of ether oxygens (including phenoxy) is 1. The van der Waals surface area contributed by atoms with E-state index in [-0.39, 0.29) is 6.61 Å². The van der Waals surface area contributed by atoms with E-state index < -0.39 is 31.0 Å². The van der Waals surface area contributed by atoms with Crippen molar-refractivity contribution < 1.29 is 30.3 Å². The molecular formula is C23H46O6. The van der Waals surface area contributed by atoms with Crippen LogP contribution >= 0.6 is 0 Å². The zero-order valence-electron chi connectivity index (χ0n) is 19.0. The fraction of sp³-hybridized carbons (Fsp3) is 0.913. The van der Waals surface area contributed by atoms with Crippen LogP contribution in [-0.4, -0.2) is 69.8 Å². The van der Waals surface area contributed by atoms with Crippen molar-refractivity contribution in [2.24, 2.45) is 11.8 Å². The smallest absolute Gasteiger partial charge is 0.111 e. The van der Waals surface area contributed by atoms with E-state index in [1.54, 1.807) is 0 Å². The van der Waals surface area contributed by atoms with Crippen molar-refractivity contribution in [3.8, 4) is 0 Å². The highest BCUT2D eigenvalue weighted by molar-refractivity contribution is 4.97. The van der Waals surface area contributed by atoms with Crippen molar-refractivity contribution in [2.45, 2.75) is 103 Å². The van der Waals surface area contributed by atoms with Gasteiger partial charge in [0.15, 0.2) is 0 Å². The molecule has 5 atom stereocenters. The first kappa shape index (κ1) is 28.5. The summed E-state index contributed by atoms with van der Waals surface area (Å²) in [4.78, 5) is 0. The zero-order chi connectivity index (χ0) is 22.2. The SMILES string of the molecule is CC(=CCCCOC[C@@H](O)[C@@H](O)[C@H](O)[C@H](O)CO)CCCC(C)CCCC(C)C. The number of rotatable bonds is 18. The molecule has 0 saturated heterocycles. The molecule has 5 N–H and O–H groups in total. The van der Waals surface area contributed by atoms with Gasteiger partial charge in [0, 0.05) is 6.61 Å². The van der Waals surface area contributed by atoms with Crippen LogP contribution in [0.5, 0.6) is 0 Å². The maximum Gasteiger partial charge on any atom is 0.111 e. The topological polar surface area (TPSA) is 110 Å². The van der Waals surface area contributed by atoms with E-state index in [4.69, 9.17) is 9.84 Å². The van der Waals surface area contributed by atoms with Gasteiger partial charge >= 0.3 is 0 Å². The van der Waals surface area contributed by atoms with Gasteiger partial charge in [-0.2, -0.15) is 0 Å². The van der Waals surface area contributed by atoms with Gasteiger partial charge in [-0.05, 0) is 44.4 Å². The van der Waals surface area contributed by atoms with Gasteiger partial charge in [-0.3, -0.25) is 0 Å². The van der Waals surface area contributed by atoms with Crippen molar-refractivity contribution in [1.29, 1.82) is 0 Å². The average molecular weight is 419 g/mol. The number of allylic oxidation sites excluding steroid dienone is 2. The van der Waals surface area contributed by atoms with Crippen molar-refractivity contribution in [3.63, 3.8) is 0 Å². The Balaban J connectivity index is 3.78. The first-order chi connectivity index (χ1) is 13.7. The molecule has 0 fully saturated rings. The van der Waals surface area contributed by atoms with Crippen LogP contribution in [0.2, 0.25) is 0 Å². The van der Waals surface area contributed by atoms with Crippen LogP contribution in [0.15, 0.2) is 11.6 Å². The first-order valence-electron chi connectivity index (χ1n) is 11.3. The molecule has 0 saturated carbocycles. The lowest BCUT2D eigenvalue weighted by molar-refractivity contribution is -0.129. The van der Waals surface area contributed by atoms with Crippen LogP contribution < -0.4 is 0 Å². The Kier molecular flexibility index (Phi) is 16.9. The molecule has 1 unspecified atom stereocenters. The Bertz CT molecular complexity index is 412. The van der Waals surface area contributed by atoms with Crippen LogP contribution in [0.1, 0.15) is 79.1 Å². The van der Waals surface area contributed by atoms with Crippen LogP contribution in [-0.2, 0) is 4.74 Å². The molecule has 0 aliphatic carbocycles. The van der Waals surface area contributed by atoms with Gasteiger partial charge in [0.2, 0.25) is 0 Å². The lowest BCUT2D eigenvalue weighted by Crippen LogP contribution is -2.47. The Labute approximate surface area is 177 Å².